The van der Waals surface area contributed by atoms with Crippen LogP contribution in [0.2, 0.25) is 0 Å². The first-order valence-electron chi connectivity index (χ1n) is 10.7. The zero-order valence-corrected chi connectivity index (χ0v) is 21.0. The van der Waals surface area contributed by atoms with E-state index in [2.05, 4.69) is 25.7 Å². The van der Waals surface area contributed by atoms with Crippen molar-refractivity contribution in [3.63, 3.8) is 0 Å². The predicted molar refractivity (Wildman–Crippen MR) is 130 cm³/mol. The minimum atomic E-state index is -1.54. The van der Waals surface area contributed by atoms with E-state index in [0.29, 0.717) is 32.8 Å². The fourth-order valence-electron chi connectivity index (χ4n) is 3.16. The fourth-order valence-corrected chi connectivity index (χ4v) is 3.57. The van der Waals surface area contributed by atoms with Crippen LogP contribution in [0.3, 0.4) is 0 Å². The zero-order chi connectivity index (χ0) is 26.1. The number of amides is 1. The minimum Gasteiger partial charge on any atom is -0.393 e. The molecular formula is C22H23F4IN4O5. The van der Waals surface area contributed by atoms with E-state index in [-0.39, 0.29) is 23.4 Å². The third-order valence-electron chi connectivity index (χ3n) is 5.00. The van der Waals surface area contributed by atoms with Crippen LogP contribution in [0.1, 0.15) is 15.9 Å². The van der Waals surface area contributed by atoms with E-state index in [0.717, 1.165) is 18.3 Å². The van der Waals surface area contributed by atoms with Crippen LogP contribution in [-0.2, 0) is 14.4 Å². The van der Waals surface area contributed by atoms with Crippen molar-refractivity contribution in [2.24, 2.45) is 5.16 Å². The number of halogens is 5. The highest BCUT2D eigenvalue weighted by molar-refractivity contribution is 14.1. The maximum Gasteiger partial charge on any atom is 0.277 e. The highest BCUT2D eigenvalue weighted by Gasteiger charge is 2.24. The lowest BCUT2D eigenvalue weighted by Crippen LogP contribution is -2.39. The smallest absolute Gasteiger partial charge is 0.277 e. The molecule has 14 heteroatoms. The third-order valence-corrected chi connectivity index (χ3v) is 5.83. The summed E-state index contributed by atoms with van der Waals surface area (Å²) in [6.45, 7) is 2.60. The number of hydroxylamine groups is 1. The van der Waals surface area contributed by atoms with Crippen molar-refractivity contribution in [1.82, 2.24) is 10.4 Å². The van der Waals surface area contributed by atoms with Crippen molar-refractivity contribution in [3.8, 4) is 0 Å². The van der Waals surface area contributed by atoms with Gasteiger partial charge in [-0.1, -0.05) is 5.16 Å². The fraction of sp³-hybridized carbons (Fsp3) is 0.364. The highest BCUT2D eigenvalue weighted by Crippen LogP contribution is 2.31. The number of morpholine rings is 1. The number of carbonyl (C=O) groups excluding carboxylic acids is 1. The van der Waals surface area contributed by atoms with Gasteiger partial charge in [-0.25, -0.2) is 23.0 Å². The lowest BCUT2D eigenvalue weighted by Gasteiger charge is -2.26. The molecule has 0 saturated carbocycles. The van der Waals surface area contributed by atoms with Crippen LogP contribution < -0.4 is 10.8 Å². The molecule has 0 unspecified atom stereocenters. The molecule has 2 aromatic rings. The van der Waals surface area contributed by atoms with Crippen LogP contribution in [0.5, 0.6) is 0 Å². The van der Waals surface area contributed by atoms with Crippen LogP contribution in [0.25, 0.3) is 0 Å². The molecule has 0 aliphatic carbocycles. The van der Waals surface area contributed by atoms with Crippen molar-refractivity contribution in [2.75, 3.05) is 58.0 Å². The van der Waals surface area contributed by atoms with Gasteiger partial charge in [-0.3, -0.25) is 14.5 Å². The summed E-state index contributed by atoms with van der Waals surface area (Å²) in [6, 6.07) is 3.29. The lowest BCUT2D eigenvalue weighted by atomic mass is 10.1. The Hall–Kier alpha value is -2.53. The number of hydrogen-bond donors (Lipinski definition) is 3. The van der Waals surface area contributed by atoms with E-state index >= 15 is 4.39 Å². The van der Waals surface area contributed by atoms with Crippen LogP contribution >= 0.6 is 22.6 Å². The molecule has 36 heavy (non-hydrogen) atoms. The molecule has 0 atom stereocenters. The summed E-state index contributed by atoms with van der Waals surface area (Å²) in [4.78, 5) is 24.7. The van der Waals surface area contributed by atoms with Gasteiger partial charge in [0.15, 0.2) is 23.3 Å². The van der Waals surface area contributed by atoms with E-state index in [1.54, 1.807) is 22.6 Å². The number of aliphatic hydroxyl groups excluding tert-OH is 1. The minimum absolute atomic E-state index is 0.0247. The van der Waals surface area contributed by atoms with Gasteiger partial charge in [0.1, 0.15) is 6.61 Å². The van der Waals surface area contributed by atoms with Crippen LogP contribution in [-0.4, -0.2) is 74.8 Å². The second-order valence-electron chi connectivity index (χ2n) is 7.39. The topological polar surface area (TPSA) is 105 Å². The molecule has 9 nitrogen and oxygen atoms in total. The molecule has 0 aromatic heterocycles. The SMILES string of the molecule is O=C(NOCCN1CCOCC1)c1cc(C=NOCCO)c(F)c(F)c1Nc1ccc(I)c(F)c1F. The van der Waals surface area contributed by atoms with Crippen molar-refractivity contribution in [2.45, 2.75) is 0 Å². The molecule has 1 aliphatic heterocycles. The Bertz CT molecular complexity index is 1100. The Morgan fingerprint density at radius 2 is 1.89 bits per heavy atom. The molecule has 0 bridgehead atoms. The molecular weight excluding hydrogens is 603 g/mol. The number of nitrogens with one attached hydrogen (secondary N) is 2. The standard InChI is InChI=1S/C22H23F4IN4O5/c23-17-13(12-28-35-10-6-32)11-14(22(33)30-36-9-5-31-3-7-34-8-4-31)21(20(17)26)29-16-2-1-15(27)18(24)19(16)25/h1-2,11-12,29,32H,3-10H2,(H,30,33). The van der Waals surface area contributed by atoms with E-state index in [1.807, 2.05) is 0 Å². The van der Waals surface area contributed by atoms with Crippen molar-refractivity contribution in [1.29, 1.82) is 0 Å². The van der Waals surface area contributed by atoms with Gasteiger partial charge in [0.05, 0.1) is 53.2 Å². The molecule has 0 radical (unpaired) electrons. The summed E-state index contributed by atoms with van der Waals surface area (Å²) in [5, 5.41) is 14.4. The van der Waals surface area contributed by atoms with Crippen LogP contribution in [0.15, 0.2) is 23.4 Å². The van der Waals surface area contributed by atoms with Gasteiger partial charge >= 0.3 is 0 Å². The second kappa shape index (κ2) is 13.7. The molecule has 1 aliphatic rings. The molecule has 1 amide bonds. The van der Waals surface area contributed by atoms with Gasteiger partial charge in [-0.15, -0.1) is 0 Å². The van der Waals surface area contributed by atoms with E-state index in [4.69, 9.17) is 14.7 Å². The Morgan fingerprint density at radius 3 is 2.61 bits per heavy atom. The maximum absolute atomic E-state index is 15.0. The Labute approximate surface area is 217 Å². The quantitative estimate of drug-likeness (QED) is 0.0881. The van der Waals surface area contributed by atoms with Crippen molar-refractivity contribution < 1.29 is 41.9 Å². The molecule has 1 fully saturated rings. The molecule has 0 spiro atoms. The first-order chi connectivity index (χ1) is 17.3. The van der Waals surface area contributed by atoms with E-state index < -0.39 is 51.7 Å². The summed E-state index contributed by atoms with van der Waals surface area (Å²) in [7, 11) is 0. The van der Waals surface area contributed by atoms with E-state index in [1.165, 1.54) is 6.07 Å². The number of ether oxygens (including phenoxy) is 1. The average Bonchev–Trinajstić information content (AvgIpc) is 2.88. The maximum atomic E-state index is 15.0. The number of aliphatic hydroxyl groups is 1. The number of oxime groups is 1. The number of benzene rings is 2. The van der Waals surface area contributed by atoms with Gasteiger partial charge < -0.3 is 20.0 Å². The Kier molecular flexibility index (Phi) is 10.7. The van der Waals surface area contributed by atoms with Gasteiger partial charge in [-0.2, -0.15) is 0 Å². The van der Waals surface area contributed by atoms with Gasteiger partial charge in [0.25, 0.3) is 5.91 Å². The monoisotopic (exact) mass is 626 g/mol. The number of anilines is 2. The largest absolute Gasteiger partial charge is 0.393 e. The molecule has 1 saturated heterocycles. The third kappa shape index (κ3) is 7.25. The second-order valence-corrected chi connectivity index (χ2v) is 8.55. The van der Waals surface area contributed by atoms with Gasteiger partial charge in [-0.05, 0) is 40.8 Å². The average molecular weight is 626 g/mol. The molecule has 2 aromatic carbocycles. The molecule has 3 rings (SSSR count). The Morgan fingerprint density at radius 1 is 1.14 bits per heavy atom. The number of nitrogens with zero attached hydrogens (tertiary/aromatic N) is 2. The summed E-state index contributed by atoms with van der Waals surface area (Å²) in [5.41, 5.74) is -0.0464. The van der Waals surface area contributed by atoms with Gasteiger partial charge in [0, 0.05) is 25.2 Å². The van der Waals surface area contributed by atoms with Crippen LogP contribution in [0.4, 0.5) is 28.9 Å². The predicted octanol–water partition coefficient (Wildman–Crippen LogP) is 2.93. The molecule has 196 valence electrons. The number of rotatable bonds is 11. The van der Waals surface area contributed by atoms with Gasteiger partial charge in [0.2, 0.25) is 0 Å². The first kappa shape index (κ1) is 28.0. The summed E-state index contributed by atoms with van der Waals surface area (Å²) >= 11 is 1.57. The van der Waals surface area contributed by atoms with Crippen LogP contribution in [0, 0.1) is 26.8 Å². The van der Waals surface area contributed by atoms with Crippen molar-refractivity contribution in [3.05, 3.63) is 56.2 Å². The number of hydrogen-bond acceptors (Lipinski definition) is 8. The normalized spacial score (nSPS) is 14.3. The van der Waals surface area contributed by atoms with E-state index in [9.17, 15) is 18.0 Å². The summed E-state index contributed by atoms with van der Waals surface area (Å²) in [6.07, 6.45) is 0.805. The first-order valence-corrected chi connectivity index (χ1v) is 11.8. The highest BCUT2D eigenvalue weighted by atomic mass is 127. The zero-order valence-electron chi connectivity index (χ0n) is 18.8. The summed E-state index contributed by atoms with van der Waals surface area (Å²) in [5.74, 6) is -6.47. The Balaban J connectivity index is 1.85. The van der Waals surface area contributed by atoms with Crippen molar-refractivity contribution >= 4 is 46.1 Å². The molecule has 3 N–H and O–H groups in total. The lowest BCUT2D eigenvalue weighted by molar-refractivity contribution is -0.00175. The summed E-state index contributed by atoms with van der Waals surface area (Å²) < 4.78 is 63.4. The number of carbonyl (C=O) groups is 1. The molecule has 1 heterocycles.